The normalized spacial score (nSPS) is 20.6. The number of allylic oxidation sites excluding steroid dienone is 2. The fourth-order valence-electron chi connectivity index (χ4n) is 3.63. The Morgan fingerprint density at radius 1 is 1.30 bits per heavy atom. The molecule has 2 aliphatic rings. The highest BCUT2D eigenvalue weighted by Crippen LogP contribution is 2.35. The second-order valence-corrected chi connectivity index (χ2v) is 8.51. The number of hydrogen-bond donors (Lipinski definition) is 2. The van der Waals surface area contributed by atoms with Gasteiger partial charge in [0.25, 0.3) is 0 Å². The number of ether oxygens (including phenoxy) is 1. The number of H-pyrrole nitrogens is 1. The van der Waals surface area contributed by atoms with Crippen LogP contribution in [0.5, 0.6) is 0 Å². The molecule has 0 bridgehead atoms. The van der Waals surface area contributed by atoms with Crippen molar-refractivity contribution in [3.63, 3.8) is 0 Å². The van der Waals surface area contributed by atoms with Crippen LogP contribution < -0.4 is 4.72 Å². The van der Waals surface area contributed by atoms with Crippen LogP contribution in [0, 0.1) is 11.3 Å². The third-order valence-corrected chi connectivity index (χ3v) is 6.22. The topological polar surface area (TPSA) is 76.4 Å². The maximum Gasteiger partial charge on any atom is 0.127 e. The van der Waals surface area contributed by atoms with Crippen molar-refractivity contribution in [2.24, 2.45) is 4.99 Å². The average Bonchev–Trinajstić information content (AvgIpc) is 3.28. The molecule has 2 fully saturated rings. The highest BCUT2D eigenvalue weighted by Gasteiger charge is 2.25. The first kappa shape index (κ1) is 31.1. The zero-order valence-corrected chi connectivity index (χ0v) is 21.1. The number of nitrogens with one attached hydrogen (secondary N) is 2. The van der Waals surface area contributed by atoms with E-state index in [4.69, 9.17) is 4.74 Å². The van der Waals surface area contributed by atoms with Gasteiger partial charge in [0.15, 0.2) is 0 Å². The van der Waals surface area contributed by atoms with Gasteiger partial charge >= 0.3 is 0 Å². The largest absolute Gasteiger partial charge is 0.379 e. The van der Waals surface area contributed by atoms with E-state index in [2.05, 4.69) is 58.3 Å². The van der Waals surface area contributed by atoms with Crippen molar-refractivity contribution >= 4 is 24.5 Å². The number of hydrogen-bond acceptors (Lipinski definition) is 6. The van der Waals surface area contributed by atoms with Crippen molar-refractivity contribution in [2.75, 3.05) is 26.3 Å². The second kappa shape index (κ2) is 18.6. The molecule has 6 nitrogen and oxygen atoms in total. The Hall–Kier alpha value is -1.85. The van der Waals surface area contributed by atoms with Gasteiger partial charge in [0.2, 0.25) is 0 Å². The first-order valence-corrected chi connectivity index (χ1v) is 12.6. The van der Waals surface area contributed by atoms with Crippen LogP contribution in [0.25, 0.3) is 5.70 Å². The quantitative estimate of drug-likeness (QED) is 0.260. The lowest BCUT2D eigenvalue weighted by molar-refractivity contribution is 0.0768. The molecule has 0 atom stereocenters. The van der Waals surface area contributed by atoms with E-state index in [1.807, 2.05) is 13.8 Å². The molecule has 1 aromatic heterocycles. The van der Waals surface area contributed by atoms with Crippen molar-refractivity contribution < 1.29 is 4.74 Å². The van der Waals surface area contributed by atoms with Gasteiger partial charge in [-0.2, -0.15) is 5.26 Å². The Morgan fingerprint density at radius 2 is 1.91 bits per heavy atom. The van der Waals surface area contributed by atoms with Crippen LogP contribution in [0.15, 0.2) is 29.8 Å². The molecule has 0 unspecified atom stereocenters. The van der Waals surface area contributed by atoms with E-state index in [0.29, 0.717) is 23.4 Å². The molecule has 1 saturated heterocycles. The molecule has 186 valence electrons. The molecule has 0 radical (unpaired) electrons. The van der Waals surface area contributed by atoms with Crippen LogP contribution in [-0.2, 0) is 4.74 Å². The van der Waals surface area contributed by atoms with Crippen LogP contribution in [0.3, 0.4) is 0 Å². The van der Waals surface area contributed by atoms with Crippen LogP contribution in [0.4, 0.5) is 0 Å². The fraction of sp³-hybridized carbons (Fsp3) is 0.615. The maximum absolute atomic E-state index is 9.46. The third-order valence-electron chi connectivity index (χ3n) is 5.16. The summed E-state index contributed by atoms with van der Waals surface area (Å²) in [6.07, 6.45) is 9.17. The number of nitriles is 1. The summed E-state index contributed by atoms with van der Waals surface area (Å²) in [5, 5.41) is 9.46. The zero-order valence-electron chi connectivity index (χ0n) is 20.3. The fourth-order valence-corrected chi connectivity index (χ4v) is 4.50. The van der Waals surface area contributed by atoms with Gasteiger partial charge in [0, 0.05) is 42.5 Å². The summed E-state index contributed by atoms with van der Waals surface area (Å²) in [7, 11) is 0. The van der Waals surface area contributed by atoms with E-state index < -0.39 is 0 Å². The Morgan fingerprint density at radius 3 is 2.42 bits per heavy atom. The highest BCUT2D eigenvalue weighted by atomic mass is 32.2. The highest BCUT2D eigenvalue weighted by molar-refractivity contribution is 7.95. The summed E-state index contributed by atoms with van der Waals surface area (Å²) >= 11 is 1.74. The number of aliphatic imine (C=N–C) groups is 1. The first-order valence-electron chi connectivity index (χ1n) is 11.8. The van der Waals surface area contributed by atoms with Crippen LogP contribution in [0.2, 0.25) is 0 Å². The van der Waals surface area contributed by atoms with E-state index in [0.717, 1.165) is 63.2 Å². The molecule has 0 aromatic carbocycles. The van der Waals surface area contributed by atoms with Gasteiger partial charge in [-0.1, -0.05) is 54.2 Å². The van der Waals surface area contributed by atoms with E-state index >= 15 is 0 Å². The number of aromatic amines is 1. The minimum absolute atomic E-state index is 0. The molecular weight excluding hydrogens is 430 g/mol. The van der Waals surface area contributed by atoms with E-state index in [-0.39, 0.29) is 7.43 Å². The number of morpholine rings is 1. The molecule has 1 saturated carbocycles. The van der Waals surface area contributed by atoms with Crippen molar-refractivity contribution in [1.29, 1.82) is 5.26 Å². The lowest BCUT2D eigenvalue weighted by Crippen LogP contribution is -2.37. The average molecular weight is 476 g/mol. The maximum atomic E-state index is 9.46. The van der Waals surface area contributed by atoms with Gasteiger partial charge in [-0.25, -0.2) is 9.03 Å². The van der Waals surface area contributed by atoms with Gasteiger partial charge in [0.1, 0.15) is 11.8 Å². The minimum atomic E-state index is 0. The second-order valence-electron chi connectivity index (χ2n) is 7.58. The Bertz CT molecular complexity index is 738. The van der Waals surface area contributed by atoms with Gasteiger partial charge in [-0.3, -0.25) is 4.99 Å². The van der Waals surface area contributed by atoms with Crippen LogP contribution in [0.1, 0.15) is 90.1 Å². The van der Waals surface area contributed by atoms with E-state index in [9.17, 15) is 5.26 Å². The molecule has 0 spiro atoms. The van der Waals surface area contributed by atoms with E-state index in [1.54, 1.807) is 24.3 Å². The molecule has 1 aromatic rings. The van der Waals surface area contributed by atoms with Gasteiger partial charge in [0.05, 0.1) is 18.9 Å². The van der Waals surface area contributed by atoms with Crippen molar-refractivity contribution in [3.8, 4) is 6.07 Å². The van der Waals surface area contributed by atoms with E-state index in [1.165, 1.54) is 6.42 Å². The summed E-state index contributed by atoms with van der Waals surface area (Å²) in [6, 6.07) is 4.84. The molecule has 1 aliphatic carbocycles. The molecule has 33 heavy (non-hydrogen) atoms. The minimum Gasteiger partial charge on any atom is -0.379 e. The predicted octanol–water partition coefficient (Wildman–Crippen LogP) is 6.70. The summed E-state index contributed by atoms with van der Waals surface area (Å²) in [4.78, 5) is 7.34. The zero-order chi connectivity index (χ0) is 23.8. The summed E-state index contributed by atoms with van der Waals surface area (Å²) in [6.45, 7) is 19.2. The van der Waals surface area contributed by atoms with Gasteiger partial charge in [-0.15, -0.1) is 0 Å². The number of nitrogens with zero attached hydrogens (tertiary/aromatic N) is 3. The smallest absolute Gasteiger partial charge is 0.127 e. The lowest BCUT2D eigenvalue weighted by Gasteiger charge is -2.31. The molecule has 2 heterocycles. The monoisotopic (exact) mass is 475 g/mol. The van der Waals surface area contributed by atoms with Gasteiger partial charge < -0.3 is 9.72 Å². The van der Waals surface area contributed by atoms with Crippen LogP contribution in [-0.4, -0.2) is 48.4 Å². The van der Waals surface area contributed by atoms with Crippen molar-refractivity contribution in [1.82, 2.24) is 14.0 Å². The van der Waals surface area contributed by atoms with Gasteiger partial charge in [-0.05, 0) is 50.5 Å². The Balaban J connectivity index is 0.00000158. The predicted molar refractivity (Wildman–Crippen MR) is 145 cm³/mol. The molecule has 7 heteroatoms. The molecule has 0 amide bonds. The number of aromatic nitrogens is 1. The number of rotatable bonds is 7. The molecule has 2 N–H and O–H groups in total. The van der Waals surface area contributed by atoms with Crippen molar-refractivity contribution in [3.05, 3.63) is 41.7 Å². The molecule has 1 aliphatic heterocycles. The molecule has 3 rings (SSSR count). The Labute approximate surface area is 206 Å². The summed E-state index contributed by atoms with van der Waals surface area (Å²) in [5.74, 6) is 0.451. The lowest BCUT2D eigenvalue weighted by atomic mass is 9.84. The van der Waals surface area contributed by atoms with Crippen molar-refractivity contribution in [2.45, 2.75) is 79.2 Å². The SMILES string of the molecule is C.C=C/C=C(\N=C)c1cc(C2CCC(NSN3CCOCC3)CC2)[nH]c1C#N.CC.CCC. The Kier molecular flexibility index (Phi) is 17.5. The third kappa shape index (κ3) is 10.3. The first-order chi connectivity index (χ1) is 15.7. The summed E-state index contributed by atoms with van der Waals surface area (Å²) in [5.41, 5.74) is 3.17. The van der Waals surface area contributed by atoms with Crippen LogP contribution >= 0.6 is 12.1 Å². The summed E-state index contributed by atoms with van der Waals surface area (Å²) < 4.78 is 11.3. The molecular formula is C26H45N5OS. The standard InChI is InChI=1S/C20H27N5OS.C3H8.C2H6.CH4/c1-3-4-18(22-2)17-13-19(23-20(17)14-21)15-5-7-16(8-6-15)24-27-25-9-11-26-12-10-25;1-3-2;1-2;/h3-4,13,15-16,23-24H,1-2,5-12H2;3H2,1-2H3;1-2H3;1H4/b18-4-;;;.